The highest BCUT2D eigenvalue weighted by Gasteiger charge is 2.17. The Morgan fingerprint density at radius 3 is 2.83 bits per heavy atom. The molecular weight excluding hydrogens is 241 g/mol. The fourth-order valence-electron chi connectivity index (χ4n) is 1.30. The molecule has 1 amide bonds. The van der Waals surface area contributed by atoms with Crippen molar-refractivity contribution in [3.63, 3.8) is 0 Å². The lowest BCUT2D eigenvalue weighted by Crippen LogP contribution is -2.15. The van der Waals surface area contributed by atoms with E-state index >= 15 is 0 Å². The Morgan fingerprint density at radius 2 is 2.22 bits per heavy atom. The standard InChI is InChI=1S/C10H10FN5O2/c1-5-15-16-10(18-5)14-9(17)6-3-4-13-8(12-2)7(6)11/h3-4H,1-2H3,(H,12,13)(H,14,16,17). The highest BCUT2D eigenvalue weighted by molar-refractivity contribution is 6.03. The van der Waals surface area contributed by atoms with Gasteiger partial charge in [0.25, 0.3) is 5.91 Å². The normalized spacial score (nSPS) is 10.2. The molecule has 7 nitrogen and oxygen atoms in total. The number of nitrogens with one attached hydrogen (secondary N) is 2. The van der Waals surface area contributed by atoms with Crippen molar-refractivity contribution >= 4 is 17.7 Å². The van der Waals surface area contributed by atoms with Crippen molar-refractivity contribution in [3.8, 4) is 0 Å². The maximum absolute atomic E-state index is 13.8. The topological polar surface area (TPSA) is 92.9 Å². The molecule has 0 spiro atoms. The Labute approximate surface area is 101 Å². The lowest BCUT2D eigenvalue weighted by molar-refractivity contribution is 0.102. The first-order chi connectivity index (χ1) is 8.61. The van der Waals surface area contributed by atoms with Gasteiger partial charge in [-0.15, -0.1) is 5.10 Å². The zero-order valence-electron chi connectivity index (χ0n) is 9.69. The van der Waals surface area contributed by atoms with E-state index < -0.39 is 11.7 Å². The minimum absolute atomic E-state index is 0.00985. The van der Waals surface area contributed by atoms with Gasteiger partial charge in [0.05, 0.1) is 5.56 Å². The van der Waals surface area contributed by atoms with Gasteiger partial charge in [0.1, 0.15) is 0 Å². The fraction of sp³-hybridized carbons (Fsp3) is 0.200. The molecule has 0 radical (unpaired) electrons. The summed E-state index contributed by atoms with van der Waals surface area (Å²) in [4.78, 5) is 15.5. The molecule has 2 rings (SSSR count). The van der Waals surface area contributed by atoms with Crippen LogP contribution in [0, 0.1) is 12.7 Å². The van der Waals surface area contributed by atoms with E-state index in [1.54, 1.807) is 6.92 Å². The van der Waals surface area contributed by atoms with Crippen LogP contribution in [0.1, 0.15) is 16.2 Å². The third-order valence-electron chi connectivity index (χ3n) is 2.12. The van der Waals surface area contributed by atoms with Crippen molar-refractivity contribution in [2.24, 2.45) is 0 Å². The number of aryl methyl sites for hydroxylation is 1. The summed E-state index contributed by atoms with van der Waals surface area (Å²) in [5, 5.41) is 12.0. The summed E-state index contributed by atoms with van der Waals surface area (Å²) in [7, 11) is 1.51. The number of carbonyl (C=O) groups is 1. The van der Waals surface area contributed by atoms with Crippen molar-refractivity contribution in [3.05, 3.63) is 29.5 Å². The van der Waals surface area contributed by atoms with Crippen LogP contribution in [0.25, 0.3) is 0 Å². The Kier molecular flexibility index (Phi) is 3.18. The second-order valence-electron chi connectivity index (χ2n) is 3.35. The van der Waals surface area contributed by atoms with Crippen LogP contribution in [-0.2, 0) is 0 Å². The van der Waals surface area contributed by atoms with Crippen LogP contribution < -0.4 is 10.6 Å². The van der Waals surface area contributed by atoms with Gasteiger partial charge < -0.3 is 9.73 Å². The SMILES string of the molecule is CNc1nccc(C(=O)Nc2nnc(C)o2)c1F. The Hall–Kier alpha value is -2.51. The van der Waals surface area contributed by atoms with E-state index in [4.69, 9.17) is 4.42 Å². The highest BCUT2D eigenvalue weighted by Crippen LogP contribution is 2.16. The van der Waals surface area contributed by atoms with Crippen molar-refractivity contribution in [1.29, 1.82) is 0 Å². The summed E-state index contributed by atoms with van der Waals surface area (Å²) < 4.78 is 18.7. The van der Waals surface area contributed by atoms with Crippen LogP contribution in [0.5, 0.6) is 0 Å². The maximum Gasteiger partial charge on any atom is 0.322 e. The summed E-state index contributed by atoms with van der Waals surface area (Å²) >= 11 is 0. The minimum atomic E-state index is -0.742. The van der Waals surface area contributed by atoms with Gasteiger partial charge >= 0.3 is 6.01 Å². The first-order valence-corrected chi connectivity index (χ1v) is 5.05. The number of halogens is 1. The van der Waals surface area contributed by atoms with E-state index in [9.17, 15) is 9.18 Å². The van der Waals surface area contributed by atoms with Gasteiger partial charge in [0, 0.05) is 20.2 Å². The third kappa shape index (κ3) is 2.26. The fourth-order valence-corrected chi connectivity index (χ4v) is 1.30. The molecule has 0 atom stereocenters. The zero-order chi connectivity index (χ0) is 13.1. The maximum atomic E-state index is 13.8. The van der Waals surface area contributed by atoms with Gasteiger partial charge in [-0.05, 0) is 6.07 Å². The zero-order valence-corrected chi connectivity index (χ0v) is 9.69. The van der Waals surface area contributed by atoms with E-state index in [2.05, 4.69) is 25.8 Å². The lowest BCUT2D eigenvalue weighted by Gasteiger charge is -2.05. The highest BCUT2D eigenvalue weighted by atomic mass is 19.1. The number of carbonyl (C=O) groups excluding carboxylic acids is 1. The van der Waals surface area contributed by atoms with Gasteiger partial charge in [-0.2, -0.15) is 0 Å². The summed E-state index contributed by atoms with van der Waals surface area (Å²) in [6.07, 6.45) is 1.32. The monoisotopic (exact) mass is 251 g/mol. The van der Waals surface area contributed by atoms with E-state index in [-0.39, 0.29) is 17.4 Å². The summed E-state index contributed by atoms with van der Waals surface area (Å²) in [6, 6.07) is 1.18. The third-order valence-corrected chi connectivity index (χ3v) is 2.12. The van der Waals surface area contributed by atoms with Crippen molar-refractivity contribution in [1.82, 2.24) is 15.2 Å². The van der Waals surface area contributed by atoms with E-state index in [1.165, 1.54) is 19.3 Å². The van der Waals surface area contributed by atoms with Crippen LogP contribution >= 0.6 is 0 Å². The number of aromatic nitrogens is 3. The molecule has 0 fully saturated rings. The molecule has 2 heterocycles. The van der Waals surface area contributed by atoms with E-state index in [0.717, 1.165) is 0 Å². The molecule has 2 aromatic rings. The molecule has 2 aromatic heterocycles. The van der Waals surface area contributed by atoms with Crippen LogP contribution in [0.15, 0.2) is 16.7 Å². The summed E-state index contributed by atoms with van der Waals surface area (Å²) in [5.74, 6) is -1.13. The van der Waals surface area contributed by atoms with Crippen LogP contribution in [-0.4, -0.2) is 28.1 Å². The molecule has 0 unspecified atom stereocenters. The number of hydrogen-bond acceptors (Lipinski definition) is 6. The first-order valence-electron chi connectivity index (χ1n) is 5.05. The van der Waals surface area contributed by atoms with Gasteiger partial charge in [-0.1, -0.05) is 5.10 Å². The molecule has 0 aliphatic heterocycles. The second kappa shape index (κ2) is 4.78. The second-order valence-corrected chi connectivity index (χ2v) is 3.35. The van der Waals surface area contributed by atoms with Crippen molar-refractivity contribution < 1.29 is 13.6 Å². The number of hydrogen-bond donors (Lipinski definition) is 2. The quantitative estimate of drug-likeness (QED) is 0.851. The van der Waals surface area contributed by atoms with Crippen LogP contribution in [0.4, 0.5) is 16.2 Å². The number of anilines is 2. The molecular formula is C10H10FN5O2. The summed E-state index contributed by atoms with van der Waals surface area (Å²) in [6.45, 7) is 1.58. The number of amides is 1. The smallest absolute Gasteiger partial charge is 0.322 e. The van der Waals surface area contributed by atoms with E-state index in [1.807, 2.05) is 0 Å². The predicted molar refractivity (Wildman–Crippen MR) is 60.7 cm³/mol. The number of pyridine rings is 1. The summed E-state index contributed by atoms with van der Waals surface area (Å²) in [5.41, 5.74) is -0.162. The van der Waals surface area contributed by atoms with Crippen molar-refractivity contribution in [2.45, 2.75) is 6.92 Å². The first kappa shape index (κ1) is 12.0. The van der Waals surface area contributed by atoms with E-state index in [0.29, 0.717) is 5.89 Å². The molecule has 0 saturated carbocycles. The van der Waals surface area contributed by atoms with Crippen LogP contribution in [0.3, 0.4) is 0 Å². The number of rotatable bonds is 3. The Bertz CT molecular complexity index is 583. The molecule has 8 heteroatoms. The van der Waals surface area contributed by atoms with Gasteiger partial charge in [0.15, 0.2) is 11.6 Å². The van der Waals surface area contributed by atoms with Gasteiger partial charge in [-0.25, -0.2) is 9.37 Å². The largest absolute Gasteiger partial charge is 0.408 e. The Morgan fingerprint density at radius 1 is 1.44 bits per heavy atom. The molecule has 2 N–H and O–H groups in total. The van der Waals surface area contributed by atoms with Crippen molar-refractivity contribution in [2.75, 3.05) is 17.7 Å². The lowest BCUT2D eigenvalue weighted by atomic mass is 10.2. The van der Waals surface area contributed by atoms with Gasteiger partial charge in [0.2, 0.25) is 5.89 Å². The molecule has 0 aliphatic carbocycles. The minimum Gasteiger partial charge on any atom is -0.408 e. The average molecular weight is 251 g/mol. The Balaban J connectivity index is 2.24. The molecule has 94 valence electrons. The van der Waals surface area contributed by atoms with Gasteiger partial charge in [-0.3, -0.25) is 10.1 Å². The molecule has 0 aromatic carbocycles. The number of nitrogens with zero attached hydrogens (tertiary/aromatic N) is 3. The van der Waals surface area contributed by atoms with Crippen LogP contribution in [0.2, 0.25) is 0 Å². The molecule has 0 bridgehead atoms. The molecule has 0 aliphatic rings. The molecule has 18 heavy (non-hydrogen) atoms. The average Bonchev–Trinajstić information content (AvgIpc) is 2.75. The predicted octanol–water partition coefficient (Wildman–Crippen LogP) is 1.21. The molecule has 0 saturated heterocycles.